The molecule has 8 heteroatoms. The lowest BCUT2D eigenvalue weighted by atomic mass is 9.92. The molecule has 0 radical (unpaired) electrons. The number of hydrogen-bond acceptors (Lipinski definition) is 4. The standard InChI is InChI=1S/C24H32N4O2S2/c1-7-27(8-2)32(29,30)19-12-9-11-18(15-19)23-25-26-24(31)28(23)22-20(16(3)4)13-10-14-21(22)17(5)6/h9-17H,7-8H2,1-6H3,(H,26,31). The Morgan fingerprint density at radius 1 is 1.00 bits per heavy atom. The Kier molecular flexibility index (Phi) is 7.37. The van der Waals surface area contributed by atoms with Crippen LogP contribution in [0.25, 0.3) is 17.1 Å². The van der Waals surface area contributed by atoms with Gasteiger partial charge >= 0.3 is 0 Å². The molecular weight excluding hydrogens is 440 g/mol. The van der Waals surface area contributed by atoms with Crippen LogP contribution in [-0.2, 0) is 10.0 Å². The molecule has 0 amide bonds. The number of para-hydroxylation sites is 1. The number of rotatable bonds is 8. The molecule has 172 valence electrons. The predicted octanol–water partition coefficient (Wildman–Crippen LogP) is 5.87. The minimum atomic E-state index is -3.59. The second-order valence-corrected chi connectivity index (χ2v) is 10.7. The highest BCUT2D eigenvalue weighted by Crippen LogP contribution is 2.34. The third-order valence-electron chi connectivity index (χ3n) is 5.67. The van der Waals surface area contributed by atoms with Gasteiger partial charge in [-0.3, -0.25) is 9.67 Å². The first kappa shape index (κ1) is 24.4. The average molecular weight is 473 g/mol. The number of benzene rings is 2. The summed E-state index contributed by atoms with van der Waals surface area (Å²) in [6.07, 6.45) is 0. The molecule has 2 aromatic carbocycles. The Labute approximate surface area is 196 Å². The second kappa shape index (κ2) is 9.68. The lowest BCUT2D eigenvalue weighted by molar-refractivity contribution is 0.445. The van der Waals surface area contributed by atoms with Crippen molar-refractivity contribution in [1.29, 1.82) is 0 Å². The monoisotopic (exact) mass is 472 g/mol. The molecule has 0 aliphatic rings. The van der Waals surface area contributed by atoms with E-state index < -0.39 is 10.0 Å². The van der Waals surface area contributed by atoms with E-state index in [2.05, 4.69) is 56.1 Å². The van der Waals surface area contributed by atoms with Crippen LogP contribution < -0.4 is 0 Å². The first-order chi connectivity index (χ1) is 15.1. The normalized spacial score (nSPS) is 12.3. The molecular formula is C24H32N4O2S2. The Morgan fingerprint density at radius 2 is 1.56 bits per heavy atom. The fourth-order valence-electron chi connectivity index (χ4n) is 3.98. The number of nitrogens with zero attached hydrogens (tertiary/aromatic N) is 3. The van der Waals surface area contributed by atoms with Crippen LogP contribution in [-0.4, -0.2) is 40.6 Å². The summed E-state index contributed by atoms with van der Waals surface area (Å²) >= 11 is 5.65. The van der Waals surface area contributed by atoms with Gasteiger partial charge in [-0.2, -0.15) is 9.40 Å². The molecule has 0 fully saturated rings. The van der Waals surface area contributed by atoms with Crippen molar-refractivity contribution in [1.82, 2.24) is 19.1 Å². The van der Waals surface area contributed by atoms with Crippen LogP contribution in [0.2, 0.25) is 0 Å². The quantitative estimate of drug-likeness (QED) is 0.416. The lowest BCUT2D eigenvalue weighted by Crippen LogP contribution is -2.30. The Morgan fingerprint density at radius 3 is 2.09 bits per heavy atom. The van der Waals surface area contributed by atoms with Crippen molar-refractivity contribution >= 4 is 22.2 Å². The number of nitrogens with one attached hydrogen (secondary N) is 1. The number of hydrogen-bond donors (Lipinski definition) is 1. The van der Waals surface area contributed by atoms with Crippen LogP contribution >= 0.6 is 12.2 Å². The summed E-state index contributed by atoms with van der Waals surface area (Å²) in [6.45, 7) is 13.1. The van der Waals surface area contributed by atoms with Gasteiger partial charge in [-0.15, -0.1) is 0 Å². The van der Waals surface area contributed by atoms with E-state index in [1.807, 2.05) is 24.5 Å². The van der Waals surface area contributed by atoms with E-state index in [4.69, 9.17) is 12.2 Å². The van der Waals surface area contributed by atoms with Gasteiger partial charge in [-0.1, -0.05) is 71.9 Å². The van der Waals surface area contributed by atoms with Crippen molar-refractivity contribution in [2.24, 2.45) is 0 Å². The van der Waals surface area contributed by atoms with Gasteiger partial charge in [-0.25, -0.2) is 8.42 Å². The molecule has 0 saturated heterocycles. The maximum absolute atomic E-state index is 13.1. The zero-order chi connectivity index (χ0) is 23.6. The Bertz CT molecular complexity index is 1230. The first-order valence-electron chi connectivity index (χ1n) is 11.0. The van der Waals surface area contributed by atoms with E-state index in [1.165, 1.54) is 15.4 Å². The smallest absolute Gasteiger partial charge is 0.243 e. The third-order valence-corrected chi connectivity index (χ3v) is 7.99. The van der Waals surface area contributed by atoms with E-state index in [-0.39, 0.29) is 16.7 Å². The van der Waals surface area contributed by atoms with Crippen LogP contribution in [0.1, 0.15) is 64.5 Å². The van der Waals surface area contributed by atoms with E-state index >= 15 is 0 Å². The number of H-pyrrole nitrogens is 1. The Hall–Kier alpha value is -2.29. The van der Waals surface area contributed by atoms with E-state index in [0.717, 1.165) is 5.69 Å². The first-order valence-corrected chi connectivity index (χ1v) is 12.9. The zero-order valence-corrected chi connectivity index (χ0v) is 21.2. The van der Waals surface area contributed by atoms with Gasteiger partial charge in [0.1, 0.15) is 0 Å². The fourth-order valence-corrected chi connectivity index (χ4v) is 5.70. The van der Waals surface area contributed by atoms with Gasteiger partial charge in [0.15, 0.2) is 10.6 Å². The van der Waals surface area contributed by atoms with Crippen LogP contribution in [0.4, 0.5) is 0 Å². The molecule has 3 rings (SSSR count). The van der Waals surface area contributed by atoms with Crippen LogP contribution in [0, 0.1) is 4.77 Å². The van der Waals surface area contributed by atoms with E-state index in [0.29, 0.717) is 29.2 Å². The molecule has 0 aliphatic carbocycles. The second-order valence-electron chi connectivity index (χ2n) is 8.40. The summed E-state index contributed by atoms with van der Waals surface area (Å²) in [7, 11) is -3.59. The van der Waals surface area contributed by atoms with Gasteiger partial charge < -0.3 is 0 Å². The predicted molar refractivity (Wildman–Crippen MR) is 132 cm³/mol. The molecule has 32 heavy (non-hydrogen) atoms. The van der Waals surface area contributed by atoms with E-state index in [1.54, 1.807) is 18.2 Å². The molecule has 0 aliphatic heterocycles. The Balaban J connectivity index is 2.27. The third kappa shape index (κ3) is 4.44. The molecule has 0 atom stereocenters. The van der Waals surface area contributed by atoms with Crippen molar-refractivity contribution in [3.05, 3.63) is 58.4 Å². The molecule has 6 nitrogen and oxygen atoms in total. The van der Waals surface area contributed by atoms with Gasteiger partial charge in [0.05, 0.1) is 10.6 Å². The fraction of sp³-hybridized carbons (Fsp3) is 0.417. The summed E-state index contributed by atoms with van der Waals surface area (Å²) in [5.74, 6) is 1.16. The highest BCUT2D eigenvalue weighted by Gasteiger charge is 2.24. The number of aromatic nitrogens is 3. The summed E-state index contributed by atoms with van der Waals surface area (Å²) in [6, 6.07) is 13.2. The SMILES string of the molecule is CCN(CC)S(=O)(=O)c1cccc(-c2n[nH]c(=S)n2-c2c(C(C)C)cccc2C(C)C)c1. The molecule has 1 N–H and O–H groups in total. The van der Waals surface area contributed by atoms with Crippen LogP contribution in [0.5, 0.6) is 0 Å². The maximum Gasteiger partial charge on any atom is 0.243 e. The van der Waals surface area contributed by atoms with Gasteiger partial charge in [0.2, 0.25) is 10.0 Å². The van der Waals surface area contributed by atoms with Crippen molar-refractivity contribution in [3.8, 4) is 17.1 Å². The van der Waals surface area contributed by atoms with Gasteiger partial charge in [0, 0.05) is 18.7 Å². The molecule has 3 aromatic rings. The maximum atomic E-state index is 13.1. The molecule has 0 spiro atoms. The highest BCUT2D eigenvalue weighted by atomic mass is 32.2. The summed E-state index contributed by atoms with van der Waals surface area (Å²) in [4.78, 5) is 0.250. The summed E-state index contributed by atoms with van der Waals surface area (Å²) in [5.41, 5.74) is 4.05. The van der Waals surface area contributed by atoms with Crippen LogP contribution in [0.3, 0.4) is 0 Å². The average Bonchev–Trinajstić information content (AvgIpc) is 3.14. The molecule has 0 bridgehead atoms. The molecule has 1 aromatic heterocycles. The molecule has 1 heterocycles. The van der Waals surface area contributed by atoms with Crippen LogP contribution in [0.15, 0.2) is 47.4 Å². The minimum Gasteiger partial charge on any atom is -0.268 e. The number of sulfonamides is 1. The van der Waals surface area contributed by atoms with Crippen molar-refractivity contribution in [3.63, 3.8) is 0 Å². The molecule has 0 unspecified atom stereocenters. The van der Waals surface area contributed by atoms with E-state index in [9.17, 15) is 8.42 Å². The van der Waals surface area contributed by atoms with Crippen molar-refractivity contribution in [2.45, 2.75) is 58.3 Å². The zero-order valence-electron chi connectivity index (χ0n) is 19.6. The largest absolute Gasteiger partial charge is 0.268 e. The van der Waals surface area contributed by atoms with Crippen molar-refractivity contribution < 1.29 is 8.42 Å². The van der Waals surface area contributed by atoms with Crippen molar-refractivity contribution in [2.75, 3.05) is 13.1 Å². The number of aromatic amines is 1. The molecule has 0 saturated carbocycles. The topological polar surface area (TPSA) is 71.0 Å². The van der Waals surface area contributed by atoms with Gasteiger partial charge in [0.25, 0.3) is 0 Å². The lowest BCUT2D eigenvalue weighted by Gasteiger charge is -2.21. The van der Waals surface area contributed by atoms with Gasteiger partial charge in [-0.05, 0) is 47.3 Å². The highest BCUT2D eigenvalue weighted by molar-refractivity contribution is 7.89. The summed E-state index contributed by atoms with van der Waals surface area (Å²) < 4.78 is 30.1. The summed E-state index contributed by atoms with van der Waals surface area (Å²) in [5, 5.41) is 7.43. The minimum absolute atomic E-state index is 0.250.